The van der Waals surface area contributed by atoms with E-state index in [0.717, 1.165) is 4.88 Å². The van der Waals surface area contributed by atoms with Crippen molar-refractivity contribution in [1.82, 2.24) is 4.98 Å². The number of hydrogen-bond acceptors (Lipinski definition) is 3. The number of anilines is 1. The predicted molar refractivity (Wildman–Crippen MR) is 101 cm³/mol. The number of thiophene rings is 1. The van der Waals surface area contributed by atoms with Crippen LogP contribution in [0.4, 0.5) is 10.1 Å². The summed E-state index contributed by atoms with van der Waals surface area (Å²) in [5.41, 5.74) is 1.43. The van der Waals surface area contributed by atoms with Crippen LogP contribution in [-0.2, 0) is 4.79 Å². The van der Waals surface area contributed by atoms with Crippen LogP contribution in [0.25, 0.3) is 21.7 Å². The highest BCUT2D eigenvalue weighted by atomic mass is 32.1. The zero-order chi connectivity index (χ0) is 18.0. The number of aromatic nitrogens is 1. The summed E-state index contributed by atoms with van der Waals surface area (Å²) in [4.78, 5) is 17.3. The molecule has 0 spiro atoms. The molecule has 3 nitrogen and oxygen atoms in total. The number of pyridine rings is 1. The molecule has 0 unspecified atom stereocenters. The fourth-order valence-corrected chi connectivity index (χ4v) is 3.09. The molecule has 0 aliphatic rings. The van der Waals surface area contributed by atoms with Gasteiger partial charge in [0.1, 0.15) is 5.69 Å². The molecule has 0 aliphatic heterocycles. The summed E-state index contributed by atoms with van der Waals surface area (Å²) in [5, 5.41) is 4.80. The lowest BCUT2D eigenvalue weighted by Crippen LogP contribution is -2.27. The molecule has 0 atom stereocenters. The van der Waals surface area contributed by atoms with Crippen molar-refractivity contribution in [2.75, 3.05) is 5.32 Å². The zero-order valence-electron chi connectivity index (χ0n) is 14.3. The van der Waals surface area contributed by atoms with Crippen LogP contribution in [-0.4, -0.2) is 10.9 Å². The van der Waals surface area contributed by atoms with Crippen LogP contribution in [0, 0.1) is 11.2 Å². The second-order valence-corrected chi connectivity index (χ2v) is 7.70. The van der Waals surface area contributed by atoms with Gasteiger partial charge < -0.3 is 5.32 Å². The van der Waals surface area contributed by atoms with Crippen molar-refractivity contribution in [2.24, 2.45) is 5.41 Å². The molecule has 1 amide bonds. The monoisotopic (exact) mass is 354 g/mol. The van der Waals surface area contributed by atoms with Gasteiger partial charge in [-0.25, -0.2) is 4.39 Å². The summed E-state index contributed by atoms with van der Waals surface area (Å²) in [7, 11) is 0. The number of rotatable bonds is 3. The number of benzene rings is 1. The van der Waals surface area contributed by atoms with Crippen molar-refractivity contribution >= 4 is 22.9 Å². The molecule has 25 heavy (non-hydrogen) atoms. The first kappa shape index (κ1) is 17.3. The van der Waals surface area contributed by atoms with Gasteiger partial charge in [0.05, 0.1) is 4.88 Å². The fraction of sp³-hybridized carbons (Fsp3) is 0.200. The van der Waals surface area contributed by atoms with Gasteiger partial charge in [-0.1, -0.05) is 45.0 Å². The Hall–Kier alpha value is -2.53. The molecule has 0 saturated carbocycles. The molecule has 0 aliphatic carbocycles. The molecular formula is C20H19FN2OS. The third kappa shape index (κ3) is 3.61. The molecule has 3 rings (SSSR count). The van der Waals surface area contributed by atoms with Gasteiger partial charge >= 0.3 is 0 Å². The molecule has 0 bridgehead atoms. The van der Waals surface area contributed by atoms with Crippen LogP contribution in [0.3, 0.4) is 0 Å². The van der Waals surface area contributed by atoms with Crippen molar-refractivity contribution in [2.45, 2.75) is 20.8 Å². The molecule has 2 aromatic heterocycles. The minimum absolute atomic E-state index is 0.118. The summed E-state index contributed by atoms with van der Waals surface area (Å²) in [6, 6.07) is 12.6. The molecule has 0 fully saturated rings. The minimum Gasteiger partial charge on any atom is -0.325 e. The lowest BCUT2D eigenvalue weighted by molar-refractivity contribution is -0.123. The van der Waals surface area contributed by atoms with Crippen LogP contribution in [0.5, 0.6) is 0 Å². The summed E-state index contributed by atoms with van der Waals surface area (Å²) in [5.74, 6) is -0.504. The number of para-hydroxylation sites is 1. The first-order valence-corrected chi connectivity index (χ1v) is 8.85. The first-order valence-electron chi connectivity index (χ1n) is 7.97. The molecule has 1 N–H and O–H groups in total. The topological polar surface area (TPSA) is 42.0 Å². The van der Waals surface area contributed by atoms with Crippen LogP contribution in [0.2, 0.25) is 0 Å². The maximum Gasteiger partial charge on any atom is 0.229 e. The van der Waals surface area contributed by atoms with E-state index in [1.807, 2.05) is 50.4 Å². The smallest absolute Gasteiger partial charge is 0.229 e. The van der Waals surface area contributed by atoms with Gasteiger partial charge in [-0.15, -0.1) is 11.3 Å². The summed E-state index contributed by atoms with van der Waals surface area (Å²) in [6.07, 6.45) is 1.59. The lowest BCUT2D eigenvalue weighted by atomic mass is 9.95. The number of carbonyl (C=O) groups excluding carboxylic acids is 1. The van der Waals surface area contributed by atoms with E-state index in [1.165, 1.54) is 11.3 Å². The number of hydrogen-bond donors (Lipinski definition) is 1. The Morgan fingerprint density at radius 1 is 1.08 bits per heavy atom. The van der Waals surface area contributed by atoms with E-state index in [-0.39, 0.29) is 11.7 Å². The molecular weight excluding hydrogens is 335 g/mol. The number of amides is 1. The van der Waals surface area contributed by atoms with Crippen molar-refractivity contribution in [3.05, 3.63) is 59.9 Å². The van der Waals surface area contributed by atoms with Crippen molar-refractivity contribution in [3.8, 4) is 21.7 Å². The summed E-state index contributed by atoms with van der Waals surface area (Å²) < 4.78 is 15.1. The molecule has 1 aromatic carbocycles. The van der Waals surface area contributed by atoms with Gasteiger partial charge in [0.25, 0.3) is 0 Å². The van der Waals surface area contributed by atoms with E-state index in [4.69, 9.17) is 0 Å². The van der Waals surface area contributed by atoms with E-state index < -0.39 is 5.41 Å². The zero-order valence-corrected chi connectivity index (χ0v) is 15.2. The van der Waals surface area contributed by atoms with Crippen LogP contribution >= 0.6 is 11.3 Å². The Labute approximate surface area is 150 Å². The maximum atomic E-state index is 15.1. The second-order valence-electron chi connectivity index (χ2n) is 6.75. The average molecular weight is 354 g/mol. The molecule has 128 valence electrons. The third-order valence-electron chi connectivity index (χ3n) is 3.79. The number of nitrogens with one attached hydrogen (secondary N) is 1. The van der Waals surface area contributed by atoms with Gasteiger partial charge in [-0.3, -0.25) is 9.78 Å². The van der Waals surface area contributed by atoms with E-state index in [2.05, 4.69) is 10.3 Å². The van der Waals surface area contributed by atoms with Gasteiger partial charge in [0.2, 0.25) is 5.91 Å². The number of carbonyl (C=O) groups is 1. The SMILES string of the molecule is CC(C)(C)C(=O)Nc1ccccc1-c1ccnc(-c2cccs2)c1F. The molecule has 3 aromatic rings. The van der Waals surface area contributed by atoms with E-state index in [0.29, 0.717) is 22.5 Å². The number of halogens is 1. The van der Waals surface area contributed by atoms with Crippen molar-refractivity contribution < 1.29 is 9.18 Å². The van der Waals surface area contributed by atoms with Crippen molar-refractivity contribution in [1.29, 1.82) is 0 Å². The standard InChI is InChI=1S/C20H19FN2OS/c1-20(2,3)19(24)23-15-8-5-4-7-13(15)14-10-11-22-18(17(14)21)16-9-6-12-25-16/h4-12H,1-3H3,(H,23,24). The van der Waals surface area contributed by atoms with E-state index in [9.17, 15) is 4.79 Å². The Morgan fingerprint density at radius 2 is 1.84 bits per heavy atom. The van der Waals surface area contributed by atoms with Gasteiger partial charge in [-0.2, -0.15) is 0 Å². The highest BCUT2D eigenvalue weighted by Gasteiger charge is 2.23. The summed E-state index contributed by atoms with van der Waals surface area (Å²) in [6.45, 7) is 5.52. The molecule has 0 saturated heterocycles. The van der Waals surface area contributed by atoms with E-state index in [1.54, 1.807) is 24.4 Å². The fourth-order valence-electron chi connectivity index (χ4n) is 2.37. The predicted octanol–water partition coefficient (Wildman–Crippen LogP) is 5.60. The maximum absolute atomic E-state index is 15.1. The highest BCUT2D eigenvalue weighted by Crippen LogP contribution is 2.35. The Kier molecular flexibility index (Phi) is 4.68. The minimum atomic E-state index is -0.536. The van der Waals surface area contributed by atoms with Gasteiger partial charge in [0, 0.05) is 28.4 Å². The van der Waals surface area contributed by atoms with Gasteiger partial charge in [-0.05, 0) is 23.6 Å². The first-order chi connectivity index (χ1) is 11.9. The van der Waals surface area contributed by atoms with Crippen LogP contribution < -0.4 is 5.32 Å². The summed E-state index contributed by atoms with van der Waals surface area (Å²) >= 11 is 1.44. The number of nitrogens with zero attached hydrogens (tertiary/aromatic N) is 1. The molecule has 5 heteroatoms. The van der Waals surface area contributed by atoms with Gasteiger partial charge in [0.15, 0.2) is 5.82 Å². The average Bonchev–Trinajstić information content (AvgIpc) is 3.09. The molecule has 2 heterocycles. The Balaban J connectivity index is 2.06. The van der Waals surface area contributed by atoms with E-state index >= 15 is 4.39 Å². The van der Waals surface area contributed by atoms with Crippen LogP contribution in [0.15, 0.2) is 54.0 Å². The lowest BCUT2D eigenvalue weighted by Gasteiger charge is -2.19. The molecule has 0 radical (unpaired) electrons. The highest BCUT2D eigenvalue weighted by molar-refractivity contribution is 7.13. The second kappa shape index (κ2) is 6.76. The third-order valence-corrected chi connectivity index (χ3v) is 4.67. The quantitative estimate of drug-likeness (QED) is 0.665. The van der Waals surface area contributed by atoms with Crippen molar-refractivity contribution in [3.63, 3.8) is 0 Å². The Morgan fingerprint density at radius 3 is 2.52 bits per heavy atom. The van der Waals surface area contributed by atoms with Crippen LogP contribution in [0.1, 0.15) is 20.8 Å². The Bertz CT molecular complexity index is 898. The largest absolute Gasteiger partial charge is 0.325 e. The normalized spacial score (nSPS) is 11.4.